The van der Waals surface area contributed by atoms with E-state index in [0.717, 1.165) is 13.0 Å². The van der Waals surface area contributed by atoms with Crippen LogP contribution in [0.5, 0.6) is 0 Å². The predicted molar refractivity (Wildman–Crippen MR) is 76.2 cm³/mol. The molecule has 0 aliphatic rings. The first-order chi connectivity index (χ1) is 9.08. The smallest absolute Gasteiger partial charge is 0.128 e. The van der Waals surface area contributed by atoms with Gasteiger partial charge in [-0.25, -0.2) is 4.39 Å². The van der Waals surface area contributed by atoms with E-state index in [1.807, 2.05) is 0 Å². The molecule has 0 aliphatic heterocycles. The fourth-order valence-electron chi connectivity index (χ4n) is 1.92. The molecule has 19 heavy (non-hydrogen) atoms. The van der Waals surface area contributed by atoms with Crippen LogP contribution < -0.4 is 0 Å². The Balaban J connectivity index is 2.84. The molecule has 0 unspecified atom stereocenters. The lowest BCUT2D eigenvalue weighted by Gasteiger charge is -2.26. The van der Waals surface area contributed by atoms with Crippen molar-refractivity contribution in [2.45, 2.75) is 39.8 Å². The number of hydrogen-bond donors (Lipinski definition) is 1. The van der Waals surface area contributed by atoms with E-state index in [9.17, 15) is 4.39 Å². The van der Waals surface area contributed by atoms with Gasteiger partial charge < -0.3 is 5.11 Å². The highest BCUT2D eigenvalue weighted by Crippen LogP contribution is 2.14. The van der Waals surface area contributed by atoms with Gasteiger partial charge in [0.1, 0.15) is 12.4 Å². The van der Waals surface area contributed by atoms with Crippen molar-refractivity contribution in [3.8, 4) is 11.8 Å². The molecule has 1 aromatic carbocycles. The lowest BCUT2D eigenvalue weighted by atomic mass is 10.1. The van der Waals surface area contributed by atoms with Gasteiger partial charge in [0.05, 0.1) is 0 Å². The van der Waals surface area contributed by atoms with E-state index in [1.165, 1.54) is 6.07 Å². The Kier molecular flexibility index (Phi) is 6.55. The van der Waals surface area contributed by atoms with E-state index < -0.39 is 0 Å². The molecule has 0 aliphatic carbocycles. The summed E-state index contributed by atoms with van der Waals surface area (Å²) in [6.07, 6.45) is 1.06. The molecule has 1 rings (SSSR count). The molecule has 0 heterocycles. The summed E-state index contributed by atoms with van der Waals surface area (Å²) in [7, 11) is 0. The molecular weight excluding hydrogens is 241 g/mol. The van der Waals surface area contributed by atoms with Gasteiger partial charge in [-0.15, -0.1) is 0 Å². The van der Waals surface area contributed by atoms with Crippen molar-refractivity contribution in [3.63, 3.8) is 0 Å². The molecule has 2 nitrogen and oxygen atoms in total. The lowest BCUT2D eigenvalue weighted by Crippen LogP contribution is -2.31. The molecule has 0 atom stereocenters. The van der Waals surface area contributed by atoms with Gasteiger partial charge in [0.15, 0.2) is 0 Å². The number of benzene rings is 1. The maximum atomic E-state index is 14.0. The second-order valence-corrected chi connectivity index (χ2v) is 4.83. The second-order valence-electron chi connectivity index (χ2n) is 4.83. The van der Waals surface area contributed by atoms with Gasteiger partial charge in [-0.05, 0) is 38.9 Å². The zero-order valence-electron chi connectivity index (χ0n) is 11.9. The summed E-state index contributed by atoms with van der Waals surface area (Å²) in [5, 5.41) is 8.62. The van der Waals surface area contributed by atoms with Crippen molar-refractivity contribution in [3.05, 3.63) is 35.1 Å². The molecule has 0 radical (unpaired) electrons. The van der Waals surface area contributed by atoms with Crippen LogP contribution in [0.15, 0.2) is 18.2 Å². The number of rotatable bonds is 5. The maximum absolute atomic E-state index is 14.0. The highest BCUT2D eigenvalue weighted by atomic mass is 19.1. The highest BCUT2D eigenvalue weighted by Gasteiger charge is 2.11. The molecular formula is C16H22FNO. The molecule has 1 N–H and O–H groups in total. The summed E-state index contributed by atoms with van der Waals surface area (Å²) in [4.78, 5) is 2.25. The standard InChI is InChI=1S/C16H22FNO/c1-4-9-18(13(2)3)12-15-8-7-14(6-5-10-19)11-16(15)17/h7-8,11,13,19H,4,9-10,12H2,1-3H3. The fraction of sp³-hybridized carbons (Fsp3) is 0.500. The van der Waals surface area contributed by atoms with Gasteiger partial charge in [0.25, 0.3) is 0 Å². The Morgan fingerprint density at radius 1 is 1.37 bits per heavy atom. The summed E-state index contributed by atoms with van der Waals surface area (Å²) in [6, 6.07) is 5.41. The minimum atomic E-state index is -0.230. The van der Waals surface area contributed by atoms with Crippen LogP contribution in [0, 0.1) is 17.7 Å². The quantitative estimate of drug-likeness (QED) is 0.826. The number of aliphatic hydroxyl groups is 1. The van der Waals surface area contributed by atoms with E-state index >= 15 is 0 Å². The van der Waals surface area contributed by atoms with Gasteiger partial charge in [0, 0.05) is 23.7 Å². The van der Waals surface area contributed by atoms with Crippen molar-refractivity contribution in [1.29, 1.82) is 0 Å². The normalized spacial score (nSPS) is 10.7. The maximum Gasteiger partial charge on any atom is 0.128 e. The van der Waals surface area contributed by atoms with Crippen molar-refractivity contribution in [2.24, 2.45) is 0 Å². The van der Waals surface area contributed by atoms with E-state index in [1.54, 1.807) is 12.1 Å². The molecule has 3 heteroatoms. The molecule has 0 aromatic heterocycles. The van der Waals surface area contributed by atoms with Crippen LogP contribution in [0.3, 0.4) is 0 Å². The number of aliphatic hydroxyl groups excluding tert-OH is 1. The lowest BCUT2D eigenvalue weighted by molar-refractivity contribution is 0.210. The van der Waals surface area contributed by atoms with Crippen LogP contribution in [0.1, 0.15) is 38.3 Å². The number of nitrogens with zero attached hydrogens (tertiary/aromatic N) is 1. The third-order valence-corrected chi connectivity index (χ3v) is 2.98. The Bertz CT molecular complexity index is 460. The van der Waals surface area contributed by atoms with Crippen LogP contribution in [-0.4, -0.2) is 29.2 Å². The van der Waals surface area contributed by atoms with E-state index in [-0.39, 0.29) is 12.4 Å². The van der Waals surface area contributed by atoms with E-state index in [4.69, 9.17) is 5.11 Å². The number of hydrogen-bond acceptors (Lipinski definition) is 2. The topological polar surface area (TPSA) is 23.5 Å². The van der Waals surface area contributed by atoms with Crippen LogP contribution in [0.2, 0.25) is 0 Å². The van der Waals surface area contributed by atoms with Crippen molar-refractivity contribution >= 4 is 0 Å². The SMILES string of the molecule is CCCN(Cc1ccc(C#CCO)cc1F)C(C)C. The monoisotopic (exact) mass is 263 g/mol. The second kappa shape index (κ2) is 7.93. The first kappa shape index (κ1) is 15.7. The Morgan fingerprint density at radius 2 is 2.11 bits per heavy atom. The molecule has 104 valence electrons. The summed E-state index contributed by atoms with van der Waals surface area (Å²) >= 11 is 0. The summed E-state index contributed by atoms with van der Waals surface area (Å²) in [6.45, 7) is 7.73. The van der Waals surface area contributed by atoms with Crippen molar-refractivity contribution < 1.29 is 9.50 Å². The molecule has 0 amide bonds. The summed E-state index contributed by atoms with van der Waals surface area (Å²) < 4.78 is 14.0. The Hall–Kier alpha value is -1.37. The first-order valence-electron chi connectivity index (χ1n) is 6.70. The summed E-state index contributed by atoms with van der Waals surface area (Å²) in [5.74, 6) is 5.00. The van der Waals surface area contributed by atoms with Gasteiger partial charge in [-0.1, -0.05) is 24.8 Å². The molecule has 0 spiro atoms. The average Bonchev–Trinajstić information content (AvgIpc) is 2.38. The largest absolute Gasteiger partial charge is 0.384 e. The van der Waals surface area contributed by atoms with Crippen molar-refractivity contribution in [2.75, 3.05) is 13.2 Å². The van der Waals surface area contributed by atoms with Crippen LogP contribution in [-0.2, 0) is 6.54 Å². The average molecular weight is 263 g/mol. The molecule has 0 saturated carbocycles. The summed E-state index contributed by atoms with van der Waals surface area (Å²) in [5.41, 5.74) is 1.29. The molecule has 0 bridgehead atoms. The van der Waals surface area contributed by atoms with E-state index in [2.05, 4.69) is 37.5 Å². The van der Waals surface area contributed by atoms with Gasteiger partial charge >= 0.3 is 0 Å². The van der Waals surface area contributed by atoms with Gasteiger partial charge in [-0.2, -0.15) is 0 Å². The van der Waals surface area contributed by atoms with Crippen LogP contribution >= 0.6 is 0 Å². The van der Waals surface area contributed by atoms with Crippen LogP contribution in [0.4, 0.5) is 4.39 Å². The Morgan fingerprint density at radius 3 is 2.63 bits per heavy atom. The van der Waals surface area contributed by atoms with E-state index in [0.29, 0.717) is 23.7 Å². The minimum absolute atomic E-state index is 0.207. The molecule has 0 fully saturated rings. The molecule has 0 saturated heterocycles. The third-order valence-electron chi connectivity index (χ3n) is 2.98. The van der Waals surface area contributed by atoms with Gasteiger partial charge in [0.2, 0.25) is 0 Å². The first-order valence-corrected chi connectivity index (χ1v) is 6.70. The zero-order valence-corrected chi connectivity index (χ0v) is 11.9. The van der Waals surface area contributed by atoms with Gasteiger partial charge in [-0.3, -0.25) is 4.90 Å². The fourth-order valence-corrected chi connectivity index (χ4v) is 1.92. The van der Waals surface area contributed by atoms with Crippen molar-refractivity contribution in [1.82, 2.24) is 4.90 Å². The minimum Gasteiger partial charge on any atom is -0.384 e. The third kappa shape index (κ3) is 5.02. The number of halogens is 1. The zero-order chi connectivity index (χ0) is 14.3. The Labute approximate surface area is 115 Å². The molecule has 1 aromatic rings. The highest BCUT2D eigenvalue weighted by molar-refractivity contribution is 5.37. The van der Waals surface area contributed by atoms with Crippen LogP contribution in [0.25, 0.3) is 0 Å². The predicted octanol–water partition coefficient (Wildman–Crippen LogP) is 2.79.